The molecule has 0 spiro atoms. The number of nitrogens with one attached hydrogen (secondary N) is 1. The molecule has 0 bridgehead atoms. The molecule has 3 rings (SSSR count). The molecule has 3 heterocycles. The molecule has 3 nitrogen and oxygen atoms in total. The highest BCUT2D eigenvalue weighted by Crippen LogP contribution is 2.28. The average molecular weight is 233 g/mol. The second-order valence-electron chi connectivity index (χ2n) is 4.27. The molecule has 0 radical (unpaired) electrons. The Hall–Kier alpha value is -1.13. The van der Waals surface area contributed by atoms with Gasteiger partial charge in [0.2, 0.25) is 0 Å². The fourth-order valence-electron chi connectivity index (χ4n) is 2.26. The maximum absolute atomic E-state index is 4.54. The van der Waals surface area contributed by atoms with Crippen molar-refractivity contribution in [3.63, 3.8) is 0 Å². The van der Waals surface area contributed by atoms with Crippen molar-refractivity contribution in [2.24, 2.45) is 0 Å². The molecule has 0 aromatic carbocycles. The Morgan fingerprint density at radius 3 is 3.31 bits per heavy atom. The fraction of sp³-hybridized carbons (Fsp3) is 0.417. The highest BCUT2D eigenvalue weighted by molar-refractivity contribution is 7.17. The summed E-state index contributed by atoms with van der Waals surface area (Å²) in [7, 11) is 0. The molecular weight excluding hydrogens is 218 g/mol. The second kappa shape index (κ2) is 4.03. The normalized spacial score (nSPS) is 21.6. The molecule has 1 atom stereocenters. The molecule has 1 saturated heterocycles. The molecule has 1 N–H and O–H groups in total. The molecule has 2 aromatic heterocycles. The van der Waals surface area contributed by atoms with Gasteiger partial charge in [-0.2, -0.15) is 0 Å². The van der Waals surface area contributed by atoms with Gasteiger partial charge in [-0.05, 0) is 24.4 Å². The van der Waals surface area contributed by atoms with E-state index >= 15 is 0 Å². The quantitative estimate of drug-likeness (QED) is 0.817. The van der Waals surface area contributed by atoms with Gasteiger partial charge >= 0.3 is 0 Å². The largest absolute Gasteiger partial charge is 0.353 e. The van der Waals surface area contributed by atoms with Gasteiger partial charge in [0, 0.05) is 42.0 Å². The van der Waals surface area contributed by atoms with Crippen LogP contribution >= 0.6 is 11.3 Å². The van der Waals surface area contributed by atoms with Crippen LogP contribution in [-0.4, -0.2) is 30.7 Å². The van der Waals surface area contributed by atoms with E-state index < -0.39 is 0 Å². The van der Waals surface area contributed by atoms with E-state index in [-0.39, 0.29) is 0 Å². The summed E-state index contributed by atoms with van der Waals surface area (Å²) in [5.74, 6) is 1.15. The van der Waals surface area contributed by atoms with Crippen molar-refractivity contribution in [3.05, 3.63) is 23.7 Å². The molecule has 0 saturated carbocycles. The van der Waals surface area contributed by atoms with E-state index in [0.29, 0.717) is 6.04 Å². The number of hydrogen-bond donors (Lipinski definition) is 1. The van der Waals surface area contributed by atoms with Gasteiger partial charge in [-0.25, -0.2) is 4.98 Å². The molecule has 84 valence electrons. The van der Waals surface area contributed by atoms with Gasteiger partial charge in [-0.15, -0.1) is 11.3 Å². The molecule has 4 heteroatoms. The number of aromatic nitrogens is 1. The van der Waals surface area contributed by atoms with E-state index in [1.54, 1.807) is 11.3 Å². The lowest BCUT2D eigenvalue weighted by Crippen LogP contribution is -2.49. The first-order valence-corrected chi connectivity index (χ1v) is 6.53. The van der Waals surface area contributed by atoms with Crippen LogP contribution in [0.2, 0.25) is 0 Å². The number of pyridine rings is 1. The zero-order valence-corrected chi connectivity index (χ0v) is 10.1. The maximum atomic E-state index is 4.54. The number of anilines is 1. The van der Waals surface area contributed by atoms with Crippen molar-refractivity contribution in [2.45, 2.75) is 13.0 Å². The minimum Gasteiger partial charge on any atom is -0.353 e. The maximum Gasteiger partial charge on any atom is 0.137 e. The van der Waals surface area contributed by atoms with Crippen molar-refractivity contribution in [1.82, 2.24) is 10.3 Å². The van der Waals surface area contributed by atoms with Gasteiger partial charge in [0.25, 0.3) is 0 Å². The standard InChI is InChI=1S/C12H15N3S/c1-9-8-15(6-5-13-9)12-10-3-7-16-11(10)2-4-14-12/h2-4,7,9,13H,5-6,8H2,1H3/t9-/m0/s1. The highest BCUT2D eigenvalue weighted by atomic mass is 32.1. The molecule has 1 aliphatic heterocycles. The Labute approximate surface area is 99.1 Å². The summed E-state index contributed by atoms with van der Waals surface area (Å²) >= 11 is 1.78. The van der Waals surface area contributed by atoms with E-state index in [1.165, 1.54) is 10.1 Å². The van der Waals surface area contributed by atoms with Gasteiger partial charge < -0.3 is 10.2 Å². The third-order valence-corrected chi connectivity index (χ3v) is 3.91. The van der Waals surface area contributed by atoms with E-state index in [4.69, 9.17) is 0 Å². The highest BCUT2D eigenvalue weighted by Gasteiger charge is 2.18. The summed E-state index contributed by atoms with van der Waals surface area (Å²) in [5.41, 5.74) is 0. The van der Waals surface area contributed by atoms with E-state index in [9.17, 15) is 0 Å². The van der Waals surface area contributed by atoms with Crippen LogP contribution in [0.5, 0.6) is 0 Å². The monoisotopic (exact) mass is 233 g/mol. The number of rotatable bonds is 1. The summed E-state index contributed by atoms with van der Waals surface area (Å²) in [6, 6.07) is 4.81. The first-order chi connectivity index (χ1) is 7.84. The Balaban J connectivity index is 2.01. The number of hydrogen-bond acceptors (Lipinski definition) is 4. The van der Waals surface area contributed by atoms with Crippen molar-refractivity contribution in [2.75, 3.05) is 24.5 Å². The Kier molecular flexibility index (Phi) is 2.53. The van der Waals surface area contributed by atoms with Gasteiger partial charge in [0.05, 0.1) is 0 Å². The van der Waals surface area contributed by atoms with Crippen LogP contribution in [0.15, 0.2) is 23.7 Å². The number of thiophene rings is 1. The zero-order valence-electron chi connectivity index (χ0n) is 9.31. The Morgan fingerprint density at radius 1 is 1.50 bits per heavy atom. The summed E-state index contributed by atoms with van der Waals surface area (Å²) in [6.07, 6.45) is 1.92. The molecule has 2 aromatic rings. The lowest BCUT2D eigenvalue weighted by Gasteiger charge is -2.33. The van der Waals surface area contributed by atoms with Crippen LogP contribution in [0.1, 0.15) is 6.92 Å². The first-order valence-electron chi connectivity index (χ1n) is 5.65. The number of nitrogens with zero attached hydrogens (tertiary/aromatic N) is 2. The van der Waals surface area contributed by atoms with Crippen LogP contribution < -0.4 is 10.2 Å². The molecule has 16 heavy (non-hydrogen) atoms. The Morgan fingerprint density at radius 2 is 2.44 bits per heavy atom. The average Bonchev–Trinajstić information content (AvgIpc) is 2.76. The predicted molar refractivity (Wildman–Crippen MR) is 69.3 cm³/mol. The molecular formula is C12H15N3S. The van der Waals surface area contributed by atoms with Gasteiger partial charge in [0.15, 0.2) is 0 Å². The smallest absolute Gasteiger partial charge is 0.137 e. The summed E-state index contributed by atoms with van der Waals surface area (Å²) < 4.78 is 1.33. The van der Waals surface area contributed by atoms with E-state index in [0.717, 1.165) is 25.5 Å². The van der Waals surface area contributed by atoms with Gasteiger partial charge in [-0.3, -0.25) is 0 Å². The lowest BCUT2D eigenvalue weighted by molar-refractivity contribution is 0.483. The second-order valence-corrected chi connectivity index (χ2v) is 5.22. The third kappa shape index (κ3) is 1.68. The number of piperazine rings is 1. The van der Waals surface area contributed by atoms with Crippen molar-refractivity contribution >= 4 is 27.2 Å². The summed E-state index contributed by atoms with van der Waals surface area (Å²) in [5, 5.41) is 6.89. The minimum absolute atomic E-state index is 0.546. The topological polar surface area (TPSA) is 28.2 Å². The predicted octanol–water partition coefficient (Wildman–Crippen LogP) is 2.09. The van der Waals surface area contributed by atoms with Crippen LogP contribution in [0.3, 0.4) is 0 Å². The SMILES string of the molecule is C[C@H]1CN(c2nccc3sccc23)CCN1. The van der Waals surface area contributed by atoms with Crippen molar-refractivity contribution in [1.29, 1.82) is 0 Å². The minimum atomic E-state index is 0.546. The van der Waals surface area contributed by atoms with Crippen LogP contribution in [0.4, 0.5) is 5.82 Å². The molecule has 0 aliphatic carbocycles. The summed E-state index contributed by atoms with van der Waals surface area (Å²) in [6.45, 7) is 5.36. The van der Waals surface area contributed by atoms with E-state index in [2.05, 4.69) is 39.6 Å². The Bertz CT molecular complexity index is 494. The van der Waals surface area contributed by atoms with Crippen molar-refractivity contribution < 1.29 is 0 Å². The fourth-order valence-corrected chi connectivity index (χ4v) is 3.03. The summed E-state index contributed by atoms with van der Waals surface area (Å²) in [4.78, 5) is 6.93. The molecule has 1 fully saturated rings. The van der Waals surface area contributed by atoms with E-state index in [1.807, 2.05) is 6.20 Å². The van der Waals surface area contributed by atoms with Crippen LogP contribution in [0, 0.1) is 0 Å². The first kappa shape index (κ1) is 10.1. The third-order valence-electron chi connectivity index (χ3n) is 3.03. The van der Waals surface area contributed by atoms with Crippen LogP contribution in [-0.2, 0) is 0 Å². The zero-order chi connectivity index (χ0) is 11.0. The van der Waals surface area contributed by atoms with Gasteiger partial charge in [-0.1, -0.05) is 0 Å². The lowest BCUT2D eigenvalue weighted by atomic mass is 10.2. The van der Waals surface area contributed by atoms with Crippen LogP contribution in [0.25, 0.3) is 10.1 Å². The van der Waals surface area contributed by atoms with Gasteiger partial charge in [0.1, 0.15) is 5.82 Å². The number of fused-ring (bicyclic) bond motifs is 1. The molecule has 1 aliphatic rings. The molecule has 0 unspecified atom stereocenters. The van der Waals surface area contributed by atoms with Crippen molar-refractivity contribution in [3.8, 4) is 0 Å². The molecule has 0 amide bonds.